The van der Waals surface area contributed by atoms with E-state index in [4.69, 9.17) is 0 Å². The van der Waals surface area contributed by atoms with Crippen LogP contribution in [0.2, 0.25) is 0 Å². The summed E-state index contributed by atoms with van der Waals surface area (Å²) in [6.45, 7) is 7.20. The van der Waals surface area contributed by atoms with Crippen LogP contribution in [0.3, 0.4) is 0 Å². The van der Waals surface area contributed by atoms with E-state index in [-0.39, 0.29) is 16.7 Å². The first-order chi connectivity index (χ1) is 9.56. The molecule has 0 aromatic heterocycles. The Kier molecular flexibility index (Phi) is 6.28. The van der Waals surface area contributed by atoms with Crippen molar-refractivity contribution < 1.29 is 4.92 Å². The summed E-state index contributed by atoms with van der Waals surface area (Å²) in [5.41, 5.74) is 1.45. The molecule has 0 heterocycles. The third kappa shape index (κ3) is 3.62. The van der Waals surface area contributed by atoms with Gasteiger partial charge in [-0.25, -0.2) is 0 Å². The number of nitro groups is 1. The van der Waals surface area contributed by atoms with Crippen LogP contribution in [0.1, 0.15) is 40.0 Å². The molecule has 0 amide bonds. The van der Waals surface area contributed by atoms with Gasteiger partial charge in [-0.2, -0.15) is 0 Å². The number of hydrogen-bond acceptors (Lipinski definition) is 4. The molecule has 112 valence electrons. The van der Waals surface area contributed by atoms with Crippen LogP contribution in [0, 0.1) is 10.1 Å². The Morgan fingerprint density at radius 3 is 2.60 bits per heavy atom. The van der Waals surface area contributed by atoms with Crippen LogP contribution in [-0.4, -0.2) is 24.6 Å². The predicted molar refractivity (Wildman–Crippen MR) is 84.7 cm³/mol. The highest BCUT2D eigenvalue weighted by Crippen LogP contribution is 2.36. The molecule has 1 rings (SSSR count). The van der Waals surface area contributed by atoms with Gasteiger partial charge in [-0.15, -0.1) is 0 Å². The molecule has 0 aliphatic rings. The summed E-state index contributed by atoms with van der Waals surface area (Å²) in [6, 6.07) is 5.75. The number of anilines is 2. The molecule has 0 spiro atoms. The Morgan fingerprint density at radius 2 is 2.10 bits per heavy atom. The summed E-state index contributed by atoms with van der Waals surface area (Å²) in [4.78, 5) is 13.3. The van der Waals surface area contributed by atoms with Gasteiger partial charge in [-0.05, 0) is 31.9 Å². The lowest BCUT2D eigenvalue weighted by atomic mass is 10.1. The van der Waals surface area contributed by atoms with E-state index >= 15 is 0 Å². The molecule has 0 bridgehead atoms. The van der Waals surface area contributed by atoms with Crippen molar-refractivity contribution in [3.05, 3.63) is 28.3 Å². The van der Waals surface area contributed by atoms with Crippen LogP contribution < -0.4 is 10.2 Å². The lowest BCUT2D eigenvalue weighted by molar-refractivity contribution is -0.383. The Labute approximate surface area is 121 Å². The van der Waals surface area contributed by atoms with Gasteiger partial charge in [0.1, 0.15) is 11.4 Å². The summed E-state index contributed by atoms with van der Waals surface area (Å²) in [5.74, 6) is 0. The van der Waals surface area contributed by atoms with Crippen molar-refractivity contribution in [2.45, 2.75) is 46.1 Å². The van der Waals surface area contributed by atoms with Crippen LogP contribution in [0.15, 0.2) is 18.2 Å². The number of nitrogens with zero attached hydrogens (tertiary/aromatic N) is 2. The summed E-state index contributed by atoms with van der Waals surface area (Å²) >= 11 is 0. The van der Waals surface area contributed by atoms with Crippen LogP contribution >= 0.6 is 0 Å². The van der Waals surface area contributed by atoms with Gasteiger partial charge in [0.05, 0.1) is 4.92 Å². The standard InChI is InChI=1S/C15H25N3O2/c1-5-7-11-17(12(3)6-2)14-10-8-9-13(16-4)15(14)18(19)20/h8-10,12,16H,5-7,11H2,1-4H3. The molecule has 0 aliphatic carbocycles. The Balaban J connectivity index is 3.27. The minimum atomic E-state index is -0.289. The highest BCUT2D eigenvalue weighted by molar-refractivity contribution is 5.77. The largest absolute Gasteiger partial charge is 0.382 e. The van der Waals surface area contributed by atoms with E-state index in [0.717, 1.165) is 25.8 Å². The molecule has 1 N–H and O–H groups in total. The van der Waals surface area contributed by atoms with Crippen molar-refractivity contribution in [1.29, 1.82) is 0 Å². The van der Waals surface area contributed by atoms with E-state index in [9.17, 15) is 10.1 Å². The number of hydrogen-bond donors (Lipinski definition) is 1. The van der Waals surface area contributed by atoms with E-state index < -0.39 is 0 Å². The Bertz CT molecular complexity index is 449. The molecule has 5 heteroatoms. The van der Waals surface area contributed by atoms with E-state index in [1.54, 1.807) is 13.1 Å². The number of para-hydroxylation sites is 1. The zero-order chi connectivity index (χ0) is 15.1. The summed E-state index contributed by atoms with van der Waals surface area (Å²) < 4.78 is 0. The summed E-state index contributed by atoms with van der Waals surface area (Å²) in [6.07, 6.45) is 3.07. The van der Waals surface area contributed by atoms with Crippen molar-refractivity contribution in [2.24, 2.45) is 0 Å². The number of benzene rings is 1. The quantitative estimate of drug-likeness (QED) is 0.576. The van der Waals surface area contributed by atoms with Gasteiger partial charge in [0.25, 0.3) is 0 Å². The second kappa shape index (κ2) is 7.72. The summed E-state index contributed by atoms with van der Waals surface area (Å²) in [5, 5.41) is 14.3. The lowest BCUT2D eigenvalue weighted by Crippen LogP contribution is -2.34. The molecule has 0 saturated carbocycles. The topological polar surface area (TPSA) is 58.4 Å². The molecule has 1 atom stereocenters. The first-order valence-electron chi connectivity index (χ1n) is 7.28. The predicted octanol–water partition coefficient (Wildman–Crippen LogP) is 4.04. The monoisotopic (exact) mass is 279 g/mol. The fourth-order valence-electron chi connectivity index (χ4n) is 2.28. The van der Waals surface area contributed by atoms with Crippen LogP contribution in [-0.2, 0) is 0 Å². The minimum Gasteiger partial charge on any atom is -0.382 e. The van der Waals surface area contributed by atoms with Crippen molar-refractivity contribution in [2.75, 3.05) is 23.8 Å². The van der Waals surface area contributed by atoms with Gasteiger partial charge in [-0.1, -0.05) is 26.3 Å². The zero-order valence-electron chi connectivity index (χ0n) is 12.8. The number of nitro benzene ring substituents is 1. The van der Waals surface area contributed by atoms with Crippen LogP contribution in [0.4, 0.5) is 17.1 Å². The van der Waals surface area contributed by atoms with Gasteiger partial charge in [0.15, 0.2) is 0 Å². The maximum Gasteiger partial charge on any atom is 0.315 e. The van der Waals surface area contributed by atoms with Crippen molar-refractivity contribution in [1.82, 2.24) is 0 Å². The van der Waals surface area contributed by atoms with Gasteiger partial charge < -0.3 is 10.2 Å². The number of nitrogens with one attached hydrogen (secondary N) is 1. The van der Waals surface area contributed by atoms with E-state index in [2.05, 4.69) is 31.0 Å². The molecular weight excluding hydrogens is 254 g/mol. The second-order valence-corrected chi connectivity index (χ2v) is 4.98. The first-order valence-corrected chi connectivity index (χ1v) is 7.28. The molecule has 20 heavy (non-hydrogen) atoms. The first kappa shape index (κ1) is 16.3. The van der Waals surface area contributed by atoms with E-state index in [1.165, 1.54) is 0 Å². The molecule has 0 radical (unpaired) electrons. The van der Waals surface area contributed by atoms with Crippen molar-refractivity contribution in [3.8, 4) is 0 Å². The van der Waals surface area contributed by atoms with E-state index in [1.807, 2.05) is 12.1 Å². The smallest absolute Gasteiger partial charge is 0.315 e. The molecule has 1 unspecified atom stereocenters. The highest BCUT2D eigenvalue weighted by atomic mass is 16.6. The number of unbranched alkanes of at least 4 members (excludes halogenated alkanes) is 1. The molecule has 5 nitrogen and oxygen atoms in total. The minimum absolute atomic E-state index is 0.173. The third-order valence-corrected chi connectivity index (χ3v) is 3.65. The molecule has 0 saturated heterocycles. The van der Waals surface area contributed by atoms with E-state index in [0.29, 0.717) is 11.4 Å². The number of rotatable bonds is 8. The van der Waals surface area contributed by atoms with Crippen LogP contribution in [0.25, 0.3) is 0 Å². The molecule has 0 fully saturated rings. The van der Waals surface area contributed by atoms with Gasteiger partial charge in [-0.3, -0.25) is 10.1 Å². The average Bonchev–Trinajstić information content (AvgIpc) is 2.46. The fourth-order valence-corrected chi connectivity index (χ4v) is 2.28. The van der Waals surface area contributed by atoms with Crippen molar-refractivity contribution >= 4 is 17.1 Å². The van der Waals surface area contributed by atoms with Gasteiger partial charge in [0.2, 0.25) is 0 Å². The molecule has 1 aromatic carbocycles. The highest BCUT2D eigenvalue weighted by Gasteiger charge is 2.25. The average molecular weight is 279 g/mol. The summed E-state index contributed by atoms with van der Waals surface area (Å²) in [7, 11) is 1.71. The van der Waals surface area contributed by atoms with Gasteiger partial charge in [0, 0.05) is 19.6 Å². The molecular formula is C15H25N3O2. The van der Waals surface area contributed by atoms with Crippen molar-refractivity contribution in [3.63, 3.8) is 0 Å². The maximum atomic E-state index is 11.4. The molecule has 0 aliphatic heterocycles. The maximum absolute atomic E-state index is 11.4. The molecule has 1 aromatic rings. The lowest BCUT2D eigenvalue weighted by Gasteiger charge is -2.30. The Hall–Kier alpha value is -1.78. The second-order valence-electron chi connectivity index (χ2n) is 4.98. The zero-order valence-corrected chi connectivity index (χ0v) is 12.8. The normalized spacial score (nSPS) is 12.0. The SMILES string of the molecule is CCCCN(c1cccc(NC)c1[N+](=O)[O-])C(C)CC. The van der Waals surface area contributed by atoms with Crippen LogP contribution in [0.5, 0.6) is 0 Å². The third-order valence-electron chi connectivity index (χ3n) is 3.65. The van der Waals surface area contributed by atoms with Gasteiger partial charge >= 0.3 is 5.69 Å². The Morgan fingerprint density at radius 1 is 1.40 bits per heavy atom. The fraction of sp³-hybridized carbons (Fsp3) is 0.600.